The summed E-state index contributed by atoms with van der Waals surface area (Å²) in [5, 5.41) is 7.40. The molecular formula is C5H7ClN2. The van der Waals surface area contributed by atoms with Crippen LogP contribution in [0.4, 0.5) is 0 Å². The summed E-state index contributed by atoms with van der Waals surface area (Å²) in [6.45, 7) is 3.73. The molecule has 0 radical (unpaired) electrons. The van der Waals surface area contributed by atoms with E-state index in [4.69, 9.17) is 11.6 Å². The van der Waals surface area contributed by atoms with E-state index in [1.807, 2.05) is 13.8 Å². The van der Waals surface area contributed by atoms with Crippen LogP contribution >= 0.6 is 11.6 Å². The molecule has 0 bridgehead atoms. The van der Waals surface area contributed by atoms with Gasteiger partial charge in [-0.05, 0) is 19.4 Å². The Bertz CT molecular complexity index is 158. The van der Waals surface area contributed by atoms with Crippen molar-refractivity contribution in [3.63, 3.8) is 0 Å². The quantitative estimate of drug-likeness (QED) is 0.355. The first kappa shape index (κ1) is 5.76. The van der Waals surface area contributed by atoms with Crippen molar-refractivity contribution in [1.29, 1.82) is 0 Å². The Morgan fingerprint density at radius 2 is 2.38 bits per heavy atom. The number of rotatable bonds is 0. The SMILES string of the molecule is CC1=CN=NC1(C)Cl. The molecule has 0 N–H and O–H groups in total. The van der Waals surface area contributed by atoms with Gasteiger partial charge in [-0.1, -0.05) is 11.6 Å². The average Bonchev–Trinajstić information content (AvgIpc) is 1.86. The predicted molar refractivity (Wildman–Crippen MR) is 32.9 cm³/mol. The summed E-state index contributed by atoms with van der Waals surface area (Å²) in [5.41, 5.74) is 0.999. The minimum absolute atomic E-state index is 0.556. The smallest absolute Gasteiger partial charge is 0.162 e. The first-order chi connectivity index (χ1) is 3.63. The van der Waals surface area contributed by atoms with Crippen LogP contribution in [0.3, 0.4) is 0 Å². The van der Waals surface area contributed by atoms with E-state index in [2.05, 4.69) is 10.2 Å². The second-order valence-electron chi connectivity index (χ2n) is 1.98. The fourth-order valence-corrected chi connectivity index (χ4v) is 0.513. The highest BCUT2D eigenvalue weighted by molar-refractivity contribution is 6.25. The van der Waals surface area contributed by atoms with Gasteiger partial charge in [-0.15, -0.1) is 0 Å². The topological polar surface area (TPSA) is 24.7 Å². The zero-order valence-electron chi connectivity index (χ0n) is 4.85. The van der Waals surface area contributed by atoms with Gasteiger partial charge in [0.2, 0.25) is 0 Å². The predicted octanol–water partition coefficient (Wildman–Crippen LogP) is 2.31. The van der Waals surface area contributed by atoms with Gasteiger partial charge in [-0.25, -0.2) is 0 Å². The van der Waals surface area contributed by atoms with E-state index in [9.17, 15) is 0 Å². The third-order valence-electron chi connectivity index (χ3n) is 1.22. The van der Waals surface area contributed by atoms with Crippen molar-refractivity contribution in [2.24, 2.45) is 10.2 Å². The van der Waals surface area contributed by atoms with Crippen LogP contribution in [0.15, 0.2) is 22.0 Å². The Kier molecular flexibility index (Phi) is 1.12. The van der Waals surface area contributed by atoms with Crippen LogP contribution < -0.4 is 0 Å². The van der Waals surface area contributed by atoms with Gasteiger partial charge >= 0.3 is 0 Å². The molecule has 1 atom stereocenters. The molecule has 0 spiro atoms. The molecule has 0 fully saturated rings. The molecular weight excluding hydrogens is 124 g/mol. The lowest BCUT2D eigenvalue weighted by Gasteiger charge is -2.08. The van der Waals surface area contributed by atoms with Crippen molar-refractivity contribution in [3.8, 4) is 0 Å². The molecule has 1 heterocycles. The first-order valence-corrected chi connectivity index (χ1v) is 2.79. The second kappa shape index (κ2) is 1.55. The lowest BCUT2D eigenvalue weighted by atomic mass is 10.2. The van der Waals surface area contributed by atoms with E-state index >= 15 is 0 Å². The molecule has 0 saturated heterocycles. The van der Waals surface area contributed by atoms with Gasteiger partial charge in [0.1, 0.15) is 0 Å². The van der Waals surface area contributed by atoms with Crippen LogP contribution in [-0.2, 0) is 0 Å². The molecule has 0 aliphatic carbocycles. The summed E-state index contributed by atoms with van der Waals surface area (Å²) in [6, 6.07) is 0. The van der Waals surface area contributed by atoms with Gasteiger partial charge in [0.15, 0.2) is 5.00 Å². The maximum Gasteiger partial charge on any atom is 0.174 e. The van der Waals surface area contributed by atoms with Crippen molar-refractivity contribution in [2.45, 2.75) is 18.8 Å². The van der Waals surface area contributed by atoms with E-state index in [1.54, 1.807) is 6.20 Å². The number of nitrogens with zero attached hydrogens (tertiary/aromatic N) is 2. The van der Waals surface area contributed by atoms with Crippen molar-refractivity contribution in [3.05, 3.63) is 11.8 Å². The lowest BCUT2D eigenvalue weighted by Crippen LogP contribution is -2.09. The number of azo groups is 1. The van der Waals surface area contributed by atoms with E-state index in [1.165, 1.54) is 0 Å². The van der Waals surface area contributed by atoms with Crippen LogP contribution in [0.25, 0.3) is 0 Å². The molecule has 1 aliphatic heterocycles. The monoisotopic (exact) mass is 130 g/mol. The molecule has 0 aromatic carbocycles. The minimum Gasteiger partial charge on any atom is -0.162 e. The summed E-state index contributed by atoms with van der Waals surface area (Å²) in [6.07, 6.45) is 1.67. The maximum absolute atomic E-state index is 5.79. The Labute approximate surface area is 53.3 Å². The van der Waals surface area contributed by atoms with E-state index in [0.29, 0.717) is 0 Å². The number of hydrogen-bond acceptors (Lipinski definition) is 2. The zero-order chi connectivity index (χ0) is 6.20. The van der Waals surface area contributed by atoms with Gasteiger partial charge in [-0.2, -0.15) is 10.2 Å². The minimum atomic E-state index is -0.556. The number of hydrogen-bond donors (Lipinski definition) is 0. The Hall–Kier alpha value is -0.370. The first-order valence-electron chi connectivity index (χ1n) is 2.41. The van der Waals surface area contributed by atoms with Crippen molar-refractivity contribution >= 4 is 11.6 Å². The van der Waals surface area contributed by atoms with Gasteiger partial charge in [0, 0.05) is 0 Å². The normalized spacial score (nSPS) is 35.6. The molecule has 8 heavy (non-hydrogen) atoms. The van der Waals surface area contributed by atoms with Crippen molar-refractivity contribution < 1.29 is 0 Å². The highest BCUT2D eigenvalue weighted by atomic mass is 35.5. The van der Waals surface area contributed by atoms with Crippen LogP contribution in [0.5, 0.6) is 0 Å². The third-order valence-corrected chi connectivity index (χ3v) is 1.59. The molecule has 0 amide bonds. The number of halogens is 1. The maximum atomic E-state index is 5.79. The molecule has 44 valence electrons. The summed E-state index contributed by atoms with van der Waals surface area (Å²) < 4.78 is 0. The Morgan fingerprint density at radius 1 is 1.75 bits per heavy atom. The lowest BCUT2D eigenvalue weighted by molar-refractivity contribution is 0.766. The van der Waals surface area contributed by atoms with Crippen molar-refractivity contribution in [1.82, 2.24) is 0 Å². The highest BCUT2D eigenvalue weighted by Crippen LogP contribution is 2.30. The Morgan fingerprint density at radius 3 is 2.50 bits per heavy atom. The number of alkyl halides is 1. The summed E-state index contributed by atoms with van der Waals surface area (Å²) in [4.78, 5) is -0.556. The van der Waals surface area contributed by atoms with Crippen LogP contribution in [-0.4, -0.2) is 5.00 Å². The molecule has 3 heteroatoms. The van der Waals surface area contributed by atoms with Crippen LogP contribution in [0, 0.1) is 0 Å². The zero-order valence-corrected chi connectivity index (χ0v) is 5.61. The molecule has 1 aliphatic rings. The van der Waals surface area contributed by atoms with Gasteiger partial charge in [-0.3, -0.25) is 0 Å². The molecule has 2 nitrogen and oxygen atoms in total. The fraction of sp³-hybridized carbons (Fsp3) is 0.600. The summed E-state index contributed by atoms with van der Waals surface area (Å²) >= 11 is 5.79. The molecule has 1 rings (SSSR count). The molecule has 0 aromatic rings. The van der Waals surface area contributed by atoms with E-state index in [-0.39, 0.29) is 0 Å². The Balaban J connectivity index is 2.87. The molecule has 0 saturated carbocycles. The fourth-order valence-electron chi connectivity index (χ4n) is 0.421. The second-order valence-corrected chi connectivity index (χ2v) is 2.72. The average molecular weight is 131 g/mol. The van der Waals surface area contributed by atoms with Crippen molar-refractivity contribution in [2.75, 3.05) is 0 Å². The third kappa shape index (κ3) is 0.757. The van der Waals surface area contributed by atoms with Gasteiger partial charge < -0.3 is 0 Å². The highest BCUT2D eigenvalue weighted by Gasteiger charge is 2.25. The van der Waals surface area contributed by atoms with Gasteiger partial charge in [0.25, 0.3) is 0 Å². The molecule has 0 aromatic heterocycles. The standard InChI is InChI=1S/C5H7ClN2/c1-4-3-7-8-5(4,2)6/h3H,1-2H3. The largest absolute Gasteiger partial charge is 0.174 e. The van der Waals surface area contributed by atoms with E-state index < -0.39 is 5.00 Å². The summed E-state index contributed by atoms with van der Waals surface area (Å²) in [7, 11) is 0. The van der Waals surface area contributed by atoms with Crippen LogP contribution in [0.1, 0.15) is 13.8 Å². The van der Waals surface area contributed by atoms with Crippen LogP contribution in [0.2, 0.25) is 0 Å². The molecule has 1 unspecified atom stereocenters. The van der Waals surface area contributed by atoms with E-state index in [0.717, 1.165) is 5.57 Å². The van der Waals surface area contributed by atoms with Gasteiger partial charge in [0.05, 0.1) is 6.20 Å². The summed E-state index contributed by atoms with van der Waals surface area (Å²) in [5.74, 6) is 0.